The Morgan fingerprint density at radius 1 is 1.03 bits per heavy atom. The number of hydrogen-bond donors (Lipinski definition) is 2. The van der Waals surface area contributed by atoms with Crippen LogP contribution in [0.4, 0.5) is 5.69 Å². The minimum absolute atomic E-state index is 0.0325. The summed E-state index contributed by atoms with van der Waals surface area (Å²) in [5, 5.41) is 13.2. The van der Waals surface area contributed by atoms with Crippen LogP contribution in [-0.2, 0) is 11.2 Å². The summed E-state index contributed by atoms with van der Waals surface area (Å²) < 4.78 is 0. The first kappa shape index (κ1) is 19.6. The van der Waals surface area contributed by atoms with Gasteiger partial charge in [-0.25, -0.2) is 0 Å². The zero-order valence-corrected chi connectivity index (χ0v) is 16.5. The highest BCUT2D eigenvalue weighted by molar-refractivity contribution is 5.98. The molecule has 0 aromatic heterocycles. The van der Waals surface area contributed by atoms with E-state index in [0.29, 0.717) is 37.9 Å². The molecule has 2 amide bonds. The highest BCUT2D eigenvalue weighted by Crippen LogP contribution is 2.24. The maximum atomic E-state index is 12.9. The van der Waals surface area contributed by atoms with Crippen molar-refractivity contribution in [1.82, 2.24) is 9.80 Å². The molecule has 29 heavy (non-hydrogen) atoms. The van der Waals surface area contributed by atoms with Crippen molar-refractivity contribution >= 4 is 17.5 Å². The number of fused-ring (bicyclic) bond motifs is 1. The molecule has 0 aliphatic carbocycles. The molecular weight excluding hydrogens is 366 g/mol. The van der Waals surface area contributed by atoms with Crippen LogP contribution in [0.25, 0.3) is 0 Å². The number of carbonyl (C=O) groups is 2. The monoisotopic (exact) mass is 393 g/mol. The third-order valence-electron chi connectivity index (χ3n) is 5.81. The van der Waals surface area contributed by atoms with Crippen molar-refractivity contribution in [2.45, 2.75) is 25.4 Å². The Bertz CT molecular complexity index is 876. The van der Waals surface area contributed by atoms with E-state index in [1.54, 1.807) is 6.07 Å². The Kier molecular flexibility index (Phi) is 5.92. The first-order valence-electron chi connectivity index (χ1n) is 10.3. The SMILES string of the molecule is O=C1CCc2cc(C(=O)N3CCN(CCC(O)c4ccccc4)CC3)ccc2N1. The molecule has 2 aromatic rings. The van der Waals surface area contributed by atoms with Gasteiger partial charge >= 0.3 is 0 Å². The molecule has 4 rings (SSSR count). The van der Waals surface area contributed by atoms with Crippen molar-refractivity contribution < 1.29 is 14.7 Å². The van der Waals surface area contributed by atoms with E-state index in [2.05, 4.69) is 10.2 Å². The summed E-state index contributed by atoms with van der Waals surface area (Å²) in [6.07, 6.45) is 1.39. The van der Waals surface area contributed by atoms with E-state index in [1.807, 2.05) is 47.4 Å². The molecule has 2 aromatic carbocycles. The van der Waals surface area contributed by atoms with E-state index in [-0.39, 0.29) is 11.8 Å². The number of anilines is 1. The molecule has 1 saturated heterocycles. The number of aryl methyl sites for hydroxylation is 1. The van der Waals surface area contributed by atoms with Crippen molar-refractivity contribution in [3.8, 4) is 0 Å². The summed E-state index contributed by atoms with van der Waals surface area (Å²) in [7, 11) is 0. The van der Waals surface area contributed by atoms with Crippen LogP contribution in [-0.4, -0.2) is 59.4 Å². The lowest BCUT2D eigenvalue weighted by atomic mass is 10.00. The molecule has 1 fully saturated rings. The third kappa shape index (κ3) is 4.66. The van der Waals surface area contributed by atoms with E-state index in [4.69, 9.17) is 0 Å². The van der Waals surface area contributed by atoms with Crippen LogP contribution in [0.15, 0.2) is 48.5 Å². The quantitative estimate of drug-likeness (QED) is 0.819. The van der Waals surface area contributed by atoms with E-state index in [0.717, 1.165) is 36.4 Å². The van der Waals surface area contributed by atoms with E-state index in [1.165, 1.54) is 0 Å². The van der Waals surface area contributed by atoms with Gasteiger partial charge in [-0.05, 0) is 42.2 Å². The number of aliphatic hydroxyl groups is 1. The van der Waals surface area contributed by atoms with E-state index in [9.17, 15) is 14.7 Å². The first-order valence-corrected chi connectivity index (χ1v) is 10.3. The normalized spacial score (nSPS) is 18.1. The number of nitrogens with zero attached hydrogens (tertiary/aromatic N) is 2. The predicted octanol–water partition coefficient (Wildman–Crippen LogP) is 2.45. The molecule has 2 N–H and O–H groups in total. The van der Waals surface area contributed by atoms with Crippen molar-refractivity contribution in [3.63, 3.8) is 0 Å². The van der Waals surface area contributed by atoms with Crippen LogP contribution in [0.3, 0.4) is 0 Å². The maximum Gasteiger partial charge on any atom is 0.253 e. The predicted molar refractivity (Wildman–Crippen MR) is 112 cm³/mol. The van der Waals surface area contributed by atoms with Crippen molar-refractivity contribution in [2.24, 2.45) is 0 Å². The number of amides is 2. The van der Waals surface area contributed by atoms with Gasteiger partial charge in [-0.15, -0.1) is 0 Å². The van der Waals surface area contributed by atoms with Gasteiger partial charge in [-0.2, -0.15) is 0 Å². The number of hydrogen-bond acceptors (Lipinski definition) is 4. The molecular formula is C23H27N3O3. The Balaban J connectivity index is 1.28. The Morgan fingerprint density at radius 3 is 2.55 bits per heavy atom. The van der Waals surface area contributed by atoms with Gasteiger partial charge in [0.15, 0.2) is 0 Å². The highest BCUT2D eigenvalue weighted by atomic mass is 16.3. The zero-order chi connectivity index (χ0) is 20.2. The third-order valence-corrected chi connectivity index (χ3v) is 5.81. The molecule has 6 nitrogen and oxygen atoms in total. The topological polar surface area (TPSA) is 72.9 Å². The maximum absolute atomic E-state index is 12.9. The van der Waals surface area contributed by atoms with Gasteiger partial charge in [0.05, 0.1) is 6.10 Å². The molecule has 152 valence electrons. The van der Waals surface area contributed by atoms with Crippen molar-refractivity contribution in [2.75, 3.05) is 38.0 Å². The minimum atomic E-state index is -0.452. The number of rotatable bonds is 5. The van der Waals surface area contributed by atoms with Crippen LogP contribution in [0.2, 0.25) is 0 Å². The average molecular weight is 393 g/mol. The Morgan fingerprint density at radius 2 is 1.79 bits per heavy atom. The van der Waals surface area contributed by atoms with Crippen molar-refractivity contribution in [1.29, 1.82) is 0 Å². The Hall–Kier alpha value is -2.70. The molecule has 2 aliphatic rings. The van der Waals surface area contributed by atoms with Gasteiger partial charge in [0.25, 0.3) is 5.91 Å². The van der Waals surface area contributed by atoms with Gasteiger partial charge in [-0.1, -0.05) is 30.3 Å². The lowest BCUT2D eigenvalue weighted by Gasteiger charge is -2.35. The summed E-state index contributed by atoms with van der Waals surface area (Å²) in [4.78, 5) is 28.6. The summed E-state index contributed by atoms with van der Waals surface area (Å²) >= 11 is 0. The number of aliphatic hydroxyl groups excluding tert-OH is 1. The van der Waals surface area contributed by atoms with Gasteiger partial charge in [0.1, 0.15) is 0 Å². The summed E-state index contributed by atoms with van der Waals surface area (Å²) in [5.74, 6) is 0.0822. The fourth-order valence-electron chi connectivity index (χ4n) is 4.02. The van der Waals surface area contributed by atoms with E-state index < -0.39 is 6.10 Å². The molecule has 1 atom stereocenters. The molecule has 2 aliphatic heterocycles. The zero-order valence-electron chi connectivity index (χ0n) is 16.5. The minimum Gasteiger partial charge on any atom is -0.388 e. The van der Waals surface area contributed by atoms with Crippen LogP contribution in [0.1, 0.15) is 40.4 Å². The fourth-order valence-corrected chi connectivity index (χ4v) is 4.02. The lowest BCUT2D eigenvalue weighted by molar-refractivity contribution is -0.116. The number of benzene rings is 2. The van der Waals surface area contributed by atoms with Crippen LogP contribution >= 0.6 is 0 Å². The molecule has 6 heteroatoms. The van der Waals surface area contributed by atoms with Gasteiger partial charge in [0.2, 0.25) is 5.91 Å². The molecule has 0 bridgehead atoms. The second-order valence-corrected chi connectivity index (χ2v) is 7.77. The van der Waals surface area contributed by atoms with E-state index >= 15 is 0 Å². The number of piperazine rings is 1. The standard InChI is InChI=1S/C23H27N3O3/c27-21(17-4-2-1-3-5-17)10-11-25-12-14-26(15-13-25)23(29)19-6-8-20-18(16-19)7-9-22(28)24-20/h1-6,8,16,21,27H,7,9-15H2,(H,24,28). The van der Waals surface area contributed by atoms with Crippen LogP contribution < -0.4 is 5.32 Å². The van der Waals surface area contributed by atoms with Gasteiger partial charge < -0.3 is 15.3 Å². The second-order valence-electron chi connectivity index (χ2n) is 7.77. The lowest BCUT2D eigenvalue weighted by Crippen LogP contribution is -2.49. The summed E-state index contributed by atoms with van der Waals surface area (Å²) in [6, 6.07) is 15.3. The van der Waals surface area contributed by atoms with Crippen LogP contribution in [0.5, 0.6) is 0 Å². The summed E-state index contributed by atoms with van der Waals surface area (Å²) in [5.41, 5.74) is 3.49. The average Bonchev–Trinajstić information content (AvgIpc) is 2.77. The second kappa shape index (κ2) is 8.76. The smallest absolute Gasteiger partial charge is 0.253 e. The number of carbonyl (C=O) groups excluding carboxylic acids is 2. The largest absolute Gasteiger partial charge is 0.388 e. The highest BCUT2D eigenvalue weighted by Gasteiger charge is 2.24. The molecule has 0 spiro atoms. The Labute approximate surface area is 171 Å². The van der Waals surface area contributed by atoms with Crippen molar-refractivity contribution in [3.05, 3.63) is 65.2 Å². The van der Waals surface area contributed by atoms with Gasteiger partial charge in [0, 0.05) is 50.4 Å². The fraction of sp³-hybridized carbons (Fsp3) is 0.391. The van der Waals surface area contributed by atoms with Crippen LogP contribution in [0, 0.1) is 0 Å². The molecule has 1 unspecified atom stereocenters. The summed E-state index contributed by atoms with van der Waals surface area (Å²) in [6.45, 7) is 3.82. The number of nitrogens with one attached hydrogen (secondary N) is 1. The molecule has 2 heterocycles. The van der Waals surface area contributed by atoms with Gasteiger partial charge in [-0.3, -0.25) is 14.5 Å². The molecule has 0 radical (unpaired) electrons. The molecule has 0 saturated carbocycles. The first-order chi connectivity index (χ1) is 14.1.